The van der Waals surface area contributed by atoms with Gasteiger partial charge in [0, 0.05) is 25.0 Å². The zero-order valence-corrected chi connectivity index (χ0v) is 14.8. The molecule has 1 aromatic rings. The van der Waals surface area contributed by atoms with E-state index in [1.165, 1.54) is 30.4 Å². The molecule has 1 fully saturated rings. The zero-order valence-electron chi connectivity index (χ0n) is 14.8. The van der Waals surface area contributed by atoms with Crippen LogP contribution < -0.4 is 10.6 Å². The fourth-order valence-corrected chi connectivity index (χ4v) is 3.98. The van der Waals surface area contributed by atoms with Crippen LogP contribution in [-0.2, 0) is 6.42 Å². The highest BCUT2D eigenvalue weighted by Gasteiger charge is 2.21. The van der Waals surface area contributed by atoms with Gasteiger partial charge in [0.15, 0.2) is 5.96 Å². The summed E-state index contributed by atoms with van der Waals surface area (Å²) in [7, 11) is 0. The number of rotatable bonds is 4. The van der Waals surface area contributed by atoms with E-state index in [2.05, 4.69) is 41.8 Å². The first-order chi connectivity index (χ1) is 11.8. The summed E-state index contributed by atoms with van der Waals surface area (Å²) in [6.45, 7) is 3.84. The molecule has 4 heteroatoms. The molecular weight excluding hydrogens is 298 g/mol. The van der Waals surface area contributed by atoms with Gasteiger partial charge in [-0.1, -0.05) is 24.3 Å². The number of aliphatic imine (C=N–C) groups is 1. The van der Waals surface area contributed by atoms with Crippen molar-refractivity contribution in [3.63, 3.8) is 0 Å². The normalized spacial score (nSPS) is 27.4. The number of guanidine groups is 1. The fourth-order valence-electron chi connectivity index (χ4n) is 3.98. The van der Waals surface area contributed by atoms with Gasteiger partial charge in [0.2, 0.25) is 0 Å². The summed E-state index contributed by atoms with van der Waals surface area (Å²) >= 11 is 0. The first-order valence-electron chi connectivity index (χ1n) is 9.57. The van der Waals surface area contributed by atoms with Gasteiger partial charge in [-0.2, -0.15) is 0 Å². The lowest BCUT2D eigenvalue weighted by atomic mass is 9.83. The van der Waals surface area contributed by atoms with Crippen molar-refractivity contribution < 1.29 is 5.11 Å². The second-order valence-electron chi connectivity index (χ2n) is 7.16. The van der Waals surface area contributed by atoms with E-state index in [4.69, 9.17) is 4.99 Å². The minimum atomic E-state index is -0.110. The summed E-state index contributed by atoms with van der Waals surface area (Å²) in [6.07, 6.45) is 7.44. The average Bonchev–Trinajstić information content (AvgIpc) is 2.62. The molecule has 0 heterocycles. The van der Waals surface area contributed by atoms with E-state index in [9.17, 15) is 5.11 Å². The van der Waals surface area contributed by atoms with E-state index in [0.29, 0.717) is 12.0 Å². The predicted octanol–water partition coefficient (Wildman–Crippen LogP) is 2.97. The largest absolute Gasteiger partial charge is 0.393 e. The van der Waals surface area contributed by atoms with Gasteiger partial charge >= 0.3 is 0 Å². The van der Waals surface area contributed by atoms with Gasteiger partial charge in [-0.05, 0) is 63.0 Å². The average molecular weight is 329 g/mol. The molecular formula is C20H31N3O. The third-order valence-corrected chi connectivity index (χ3v) is 5.35. The number of nitrogens with zero attached hydrogens (tertiary/aromatic N) is 1. The standard InChI is InChI=1S/C20H31N3O/c1-2-21-20(23-17-10-12-18(24)13-11-17)22-14-16-8-5-7-15-6-3-4-9-19(15)16/h3-4,6,9,16-18,24H,2,5,7-8,10-14H2,1H3,(H2,21,22,23). The number of benzene rings is 1. The summed E-state index contributed by atoms with van der Waals surface area (Å²) in [5.41, 5.74) is 2.99. The van der Waals surface area contributed by atoms with E-state index in [0.717, 1.165) is 44.7 Å². The van der Waals surface area contributed by atoms with Crippen molar-refractivity contribution in [3.8, 4) is 0 Å². The Morgan fingerprint density at radius 2 is 1.96 bits per heavy atom. The van der Waals surface area contributed by atoms with Crippen LogP contribution in [-0.4, -0.2) is 36.3 Å². The third kappa shape index (κ3) is 4.50. The van der Waals surface area contributed by atoms with Crippen LogP contribution in [0, 0.1) is 0 Å². The Bertz CT molecular complexity index is 550. The molecule has 3 rings (SSSR count). The van der Waals surface area contributed by atoms with Crippen molar-refractivity contribution in [1.82, 2.24) is 10.6 Å². The first-order valence-corrected chi connectivity index (χ1v) is 9.57. The van der Waals surface area contributed by atoms with Gasteiger partial charge in [-0.15, -0.1) is 0 Å². The van der Waals surface area contributed by atoms with Gasteiger partial charge in [0.25, 0.3) is 0 Å². The van der Waals surface area contributed by atoms with Crippen molar-refractivity contribution in [3.05, 3.63) is 35.4 Å². The molecule has 24 heavy (non-hydrogen) atoms. The molecule has 4 nitrogen and oxygen atoms in total. The smallest absolute Gasteiger partial charge is 0.191 e. The van der Waals surface area contributed by atoms with E-state index in [1.807, 2.05) is 0 Å². The molecule has 1 atom stereocenters. The first kappa shape index (κ1) is 17.3. The van der Waals surface area contributed by atoms with Crippen molar-refractivity contribution in [1.29, 1.82) is 0 Å². The molecule has 0 spiro atoms. The highest BCUT2D eigenvalue weighted by atomic mass is 16.3. The Labute approximate surface area is 145 Å². The molecule has 132 valence electrons. The van der Waals surface area contributed by atoms with Gasteiger partial charge in [0.1, 0.15) is 0 Å². The fraction of sp³-hybridized carbons (Fsp3) is 0.650. The molecule has 0 amide bonds. The number of fused-ring (bicyclic) bond motifs is 1. The number of aliphatic hydroxyl groups excluding tert-OH is 1. The number of aryl methyl sites for hydroxylation is 1. The lowest BCUT2D eigenvalue weighted by Crippen LogP contribution is -2.45. The van der Waals surface area contributed by atoms with Crippen LogP contribution in [0.15, 0.2) is 29.3 Å². The van der Waals surface area contributed by atoms with Gasteiger partial charge < -0.3 is 15.7 Å². The maximum atomic E-state index is 9.66. The molecule has 0 saturated heterocycles. The second-order valence-corrected chi connectivity index (χ2v) is 7.16. The number of hydrogen-bond donors (Lipinski definition) is 3. The molecule has 0 bridgehead atoms. The molecule has 0 radical (unpaired) electrons. The molecule has 1 aromatic carbocycles. The van der Waals surface area contributed by atoms with Gasteiger partial charge in [-0.25, -0.2) is 0 Å². The van der Waals surface area contributed by atoms with Crippen molar-refractivity contribution in [2.45, 2.75) is 69.9 Å². The van der Waals surface area contributed by atoms with Crippen LogP contribution >= 0.6 is 0 Å². The monoisotopic (exact) mass is 329 g/mol. The van der Waals surface area contributed by atoms with E-state index < -0.39 is 0 Å². The Morgan fingerprint density at radius 3 is 2.75 bits per heavy atom. The second kappa shape index (κ2) is 8.52. The van der Waals surface area contributed by atoms with Crippen LogP contribution in [0.1, 0.15) is 62.5 Å². The number of aliphatic hydroxyl groups is 1. The molecule has 2 aliphatic rings. The van der Waals surface area contributed by atoms with Crippen LogP contribution in [0.3, 0.4) is 0 Å². The van der Waals surface area contributed by atoms with E-state index >= 15 is 0 Å². The van der Waals surface area contributed by atoms with Gasteiger partial charge in [0.05, 0.1) is 6.10 Å². The Balaban J connectivity index is 1.62. The number of nitrogens with one attached hydrogen (secondary N) is 2. The van der Waals surface area contributed by atoms with Crippen LogP contribution in [0.25, 0.3) is 0 Å². The Morgan fingerprint density at radius 1 is 1.17 bits per heavy atom. The number of hydrogen-bond acceptors (Lipinski definition) is 2. The zero-order chi connectivity index (χ0) is 16.8. The summed E-state index contributed by atoms with van der Waals surface area (Å²) in [6, 6.07) is 9.27. The van der Waals surface area contributed by atoms with Crippen LogP contribution in [0.2, 0.25) is 0 Å². The van der Waals surface area contributed by atoms with E-state index in [-0.39, 0.29) is 6.10 Å². The maximum absolute atomic E-state index is 9.66. The topological polar surface area (TPSA) is 56.7 Å². The molecule has 0 aromatic heterocycles. The molecule has 0 aliphatic heterocycles. The quantitative estimate of drug-likeness (QED) is 0.588. The molecule has 3 N–H and O–H groups in total. The van der Waals surface area contributed by atoms with Crippen molar-refractivity contribution in [2.75, 3.05) is 13.1 Å². The third-order valence-electron chi connectivity index (χ3n) is 5.35. The summed E-state index contributed by atoms with van der Waals surface area (Å²) in [4.78, 5) is 4.88. The lowest BCUT2D eigenvalue weighted by Gasteiger charge is -2.28. The molecule has 1 unspecified atom stereocenters. The van der Waals surface area contributed by atoms with Crippen molar-refractivity contribution >= 4 is 5.96 Å². The summed E-state index contributed by atoms with van der Waals surface area (Å²) in [5, 5.41) is 16.6. The molecule has 2 aliphatic carbocycles. The highest BCUT2D eigenvalue weighted by molar-refractivity contribution is 5.80. The SMILES string of the molecule is CCNC(=NCC1CCCc2ccccc21)NC1CCC(O)CC1. The van der Waals surface area contributed by atoms with Crippen LogP contribution in [0.5, 0.6) is 0 Å². The summed E-state index contributed by atoms with van der Waals surface area (Å²) in [5.74, 6) is 1.47. The highest BCUT2D eigenvalue weighted by Crippen LogP contribution is 2.31. The van der Waals surface area contributed by atoms with Crippen LogP contribution in [0.4, 0.5) is 0 Å². The lowest BCUT2D eigenvalue weighted by molar-refractivity contribution is 0.120. The Hall–Kier alpha value is -1.55. The Kier molecular flexibility index (Phi) is 6.13. The minimum Gasteiger partial charge on any atom is -0.393 e. The minimum absolute atomic E-state index is 0.110. The van der Waals surface area contributed by atoms with Gasteiger partial charge in [-0.3, -0.25) is 4.99 Å². The van der Waals surface area contributed by atoms with Crippen molar-refractivity contribution in [2.24, 2.45) is 4.99 Å². The summed E-state index contributed by atoms with van der Waals surface area (Å²) < 4.78 is 0. The molecule has 1 saturated carbocycles. The predicted molar refractivity (Wildman–Crippen MR) is 99.5 cm³/mol. The maximum Gasteiger partial charge on any atom is 0.191 e. The van der Waals surface area contributed by atoms with E-state index in [1.54, 1.807) is 0 Å².